The number of aliphatic hydroxyl groups is 1. The van der Waals surface area contributed by atoms with Gasteiger partial charge < -0.3 is 10.0 Å². The number of aliphatic hydroxyl groups excluding tert-OH is 1. The van der Waals surface area contributed by atoms with Gasteiger partial charge in [0.05, 0.1) is 5.56 Å². The Hall–Kier alpha value is -1.86. The molecule has 1 aromatic carbocycles. The zero-order valence-electron chi connectivity index (χ0n) is 12.4. The number of benzene rings is 1. The van der Waals surface area contributed by atoms with Gasteiger partial charge in [0, 0.05) is 18.7 Å². The predicted octanol–water partition coefficient (Wildman–Crippen LogP) is 2.43. The molecule has 0 aromatic heterocycles. The molecule has 3 nitrogen and oxygen atoms in total. The van der Waals surface area contributed by atoms with E-state index in [4.69, 9.17) is 5.11 Å². The topological polar surface area (TPSA) is 40.5 Å². The Morgan fingerprint density at radius 3 is 2.90 bits per heavy atom. The molecule has 1 saturated heterocycles. The molecule has 0 spiro atoms. The molecule has 0 bridgehead atoms. The van der Waals surface area contributed by atoms with Crippen LogP contribution in [-0.2, 0) is 0 Å². The molecule has 1 amide bonds. The van der Waals surface area contributed by atoms with Gasteiger partial charge in [0.25, 0.3) is 5.91 Å². The zero-order valence-corrected chi connectivity index (χ0v) is 12.4. The second kappa shape index (κ2) is 6.28. The lowest BCUT2D eigenvalue weighted by Gasteiger charge is -2.38. The lowest BCUT2D eigenvalue weighted by Crippen LogP contribution is -2.43. The van der Waals surface area contributed by atoms with Crippen molar-refractivity contribution in [2.24, 2.45) is 5.41 Å². The van der Waals surface area contributed by atoms with E-state index in [1.165, 1.54) is 18.2 Å². The van der Waals surface area contributed by atoms with Crippen molar-refractivity contribution in [3.05, 3.63) is 35.1 Å². The number of rotatable bonds is 1. The highest BCUT2D eigenvalue weighted by atomic mass is 19.1. The summed E-state index contributed by atoms with van der Waals surface area (Å²) in [6, 6.07) is 4.22. The highest BCUT2D eigenvalue weighted by Crippen LogP contribution is 2.29. The summed E-state index contributed by atoms with van der Waals surface area (Å²) in [7, 11) is 0. The third kappa shape index (κ3) is 3.83. The molecule has 1 fully saturated rings. The SMILES string of the molecule is CC1(C)CCCN(C(=O)c2cc(C#CCO)ccc2F)C1. The van der Waals surface area contributed by atoms with Crippen LogP contribution in [0.2, 0.25) is 0 Å². The monoisotopic (exact) mass is 289 g/mol. The van der Waals surface area contributed by atoms with Crippen molar-refractivity contribution in [1.29, 1.82) is 0 Å². The molecule has 1 heterocycles. The summed E-state index contributed by atoms with van der Waals surface area (Å²) in [4.78, 5) is 14.2. The molecule has 112 valence electrons. The van der Waals surface area contributed by atoms with E-state index in [2.05, 4.69) is 25.7 Å². The molecular formula is C17H20FNO2. The van der Waals surface area contributed by atoms with E-state index in [0.29, 0.717) is 18.7 Å². The largest absolute Gasteiger partial charge is 0.384 e. The van der Waals surface area contributed by atoms with E-state index in [9.17, 15) is 9.18 Å². The van der Waals surface area contributed by atoms with Crippen molar-refractivity contribution in [3.63, 3.8) is 0 Å². The van der Waals surface area contributed by atoms with Crippen LogP contribution < -0.4 is 0 Å². The number of hydrogen-bond acceptors (Lipinski definition) is 2. The van der Waals surface area contributed by atoms with Crippen LogP contribution in [0.15, 0.2) is 18.2 Å². The molecule has 1 aromatic rings. The third-order valence-electron chi connectivity index (χ3n) is 3.70. The zero-order chi connectivity index (χ0) is 15.5. The number of piperidine rings is 1. The summed E-state index contributed by atoms with van der Waals surface area (Å²) < 4.78 is 13.9. The highest BCUT2D eigenvalue weighted by molar-refractivity contribution is 5.95. The van der Waals surface area contributed by atoms with Crippen LogP contribution in [-0.4, -0.2) is 35.6 Å². The van der Waals surface area contributed by atoms with Crippen LogP contribution in [0.25, 0.3) is 0 Å². The summed E-state index contributed by atoms with van der Waals surface area (Å²) in [5, 5.41) is 8.70. The summed E-state index contributed by atoms with van der Waals surface area (Å²) in [5.41, 5.74) is 0.654. The number of likely N-dealkylation sites (tertiary alicyclic amines) is 1. The summed E-state index contributed by atoms with van der Waals surface area (Å²) in [6.07, 6.45) is 2.01. The molecular weight excluding hydrogens is 269 g/mol. The van der Waals surface area contributed by atoms with Gasteiger partial charge in [-0.05, 0) is 36.5 Å². The van der Waals surface area contributed by atoms with Gasteiger partial charge in [-0.2, -0.15) is 0 Å². The lowest BCUT2D eigenvalue weighted by molar-refractivity contribution is 0.0579. The fourth-order valence-electron chi connectivity index (χ4n) is 2.68. The smallest absolute Gasteiger partial charge is 0.256 e. The van der Waals surface area contributed by atoms with Gasteiger partial charge in [0.2, 0.25) is 0 Å². The van der Waals surface area contributed by atoms with Crippen LogP contribution in [0.5, 0.6) is 0 Å². The first kappa shape index (κ1) is 15.5. The Morgan fingerprint density at radius 2 is 2.24 bits per heavy atom. The fraction of sp³-hybridized carbons (Fsp3) is 0.471. The Labute approximate surface area is 124 Å². The first-order valence-corrected chi connectivity index (χ1v) is 7.11. The molecule has 0 atom stereocenters. The molecule has 2 rings (SSSR count). The minimum Gasteiger partial charge on any atom is -0.384 e. The molecule has 0 unspecified atom stereocenters. The van der Waals surface area contributed by atoms with Gasteiger partial charge >= 0.3 is 0 Å². The molecule has 0 radical (unpaired) electrons. The van der Waals surface area contributed by atoms with Gasteiger partial charge in [0.15, 0.2) is 0 Å². The van der Waals surface area contributed by atoms with Crippen molar-refractivity contribution < 1.29 is 14.3 Å². The molecule has 0 saturated carbocycles. The number of amides is 1. The van der Waals surface area contributed by atoms with Crippen LogP contribution in [0, 0.1) is 23.1 Å². The van der Waals surface area contributed by atoms with Gasteiger partial charge in [-0.1, -0.05) is 25.7 Å². The maximum Gasteiger partial charge on any atom is 0.256 e. The Morgan fingerprint density at radius 1 is 1.48 bits per heavy atom. The van der Waals surface area contributed by atoms with Crippen molar-refractivity contribution in [3.8, 4) is 11.8 Å². The number of carbonyl (C=O) groups is 1. The van der Waals surface area contributed by atoms with E-state index in [-0.39, 0.29) is 23.5 Å². The highest BCUT2D eigenvalue weighted by Gasteiger charge is 2.30. The Kier molecular flexibility index (Phi) is 4.64. The third-order valence-corrected chi connectivity index (χ3v) is 3.70. The number of hydrogen-bond donors (Lipinski definition) is 1. The summed E-state index contributed by atoms with van der Waals surface area (Å²) in [6.45, 7) is 5.27. The number of halogens is 1. The maximum absolute atomic E-state index is 13.9. The van der Waals surface area contributed by atoms with E-state index < -0.39 is 5.82 Å². The Balaban J connectivity index is 2.26. The van der Waals surface area contributed by atoms with Crippen molar-refractivity contribution >= 4 is 5.91 Å². The molecule has 0 aliphatic carbocycles. The second-order valence-electron chi connectivity index (χ2n) is 6.15. The summed E-state index contributed by atoms with van der Waals surface area (Å²) >= 11 is 0. The average molecular weight is 289 g/mol. The number of nitrogens with zero attached hydrogens (tertiary/aromatic N) is 1. The van der Waals surface area contributed by atoms with Crippen LogP contribution >= 0.6 is 0 Å². The van der Waals surface area contributed by atoms with Crippen LogP contribution in [0.3, 0.4) is 0 Å². The van der Waals surface area contributed by atoms with Crippen LogP contribution in [0.4, 0.5) is 4.39 Å². The van der Waals surface area contributed by atoms with Gasteiger partial charge in [-0.3, -0.25) is 4.79 Å². The molecule has 1 aliphatic heterocycles. The standard InChI is InChI=1S/C17H20FNO2/c1-17(2)8-4-9-19(12-17)16(21)14-11-13(5-3-10-20)6-7-15(14)18/h6-7,11,20H,4,8-10,12H2,1-2H3. The molecule has 4 heteroatoms. The van der Waals surface area contributed by atoms with Crippen molar-refractivity contribution in [2.75, 3.05) is 19.7 Å². The molecule has 1 N–H and O–H groups in total. The second-order valence-corrected chi connectivity index (χ2v) is 6.15. The van der Waals surface area contributed by atoms with E-state index in [1.54, 1.807) is 4.90 Å². The molecule has 1 aliphatic rings. The average Bonchev–Trinajstić information content (AvgIpc) is 2.44. The van der Waals surface area contributed by atoms with Crippen molar-refractivity contribution in [1.82, 2.24) is 4.90 Å². The van der Waals surface area contributed by atoms with E-state index in [0.717, 1.165) is 12.8 Å². The first-order valence-electron chi connectivity index (χ1n) is 7.11. The lowest BCUT2D eigenvalue weighted by atomic mass is 9.84. The van der Waals surface area contributed by atoms with Gasteiger partial charge in [0.1, 0.15) is 12.4 Å². The first-order chi connectivity index (χ1) is 9.93. The maximum atomic E-state index is 13.9. The number of carbonyl (C=O) groups excluding carboxylic acids is 1. The Bertz CT molecular complexity index is 599. The van der Waals surface area contributed by atoms with E-state index >= 15 is 0 Å². The normalized spacial score (nSPS) is 17.0. The van der Waals surface area contributed by atoms with Gasteiger partial charge in [-0.25, -0.2) is 4.39 Å². The fourth-order valence-corrected chi connectivity index (χ4v) is 2.68. The van der Waals surface area contributed by atoms with Crippen molar-refractivity contribution in [2.45, 2.75) is 26.7 Å². The predicted molar refractivity (Wildman–Crippen MR) is 79.3 cm³/mol. The molecule has 21 heavy (non-hydrogen) atoms. The van der Waals surface area contributed by atoms with Crippen LogP contribution in [0.1, 0.15) is 42.6 Å². The minimum absolute atomic E-state index is 0.0532. The van der Waals surface area contributed by atoms with E-state index in [1.807, 2.05) is 0 Å². The van der Waals surface area contributed by atoms with Gasteiger partial charge in [-0.15, -0.1) is 0 Å². The summed E-state index contributed by atoms with van der Waals surface area (Å²) in [5.74, 6) is 4.39. The minimum atomic E-state index is -0.530. The quantitative estimate of drug-likeness (QED) is 0.807.